The molecule has 1 heterocycles. The number of aryl methyl sites for hydroxylation is 1. The van der Waals surface area contributed by atoms with E-state index in [1.807, 2.05) is 12.1 Å². The molecule has 4 nitrogen and oxygen atoms in total. The number of anilines is 6. The highest BCUT2D eigenvalue weighted by Gasteiger charge is 2.25. The minimum absolute atomic E-state index is 0.244. The first-order chi connectivity index (χ1) is 31.0. The summed E-state index contributed by atoms with van der Waals surface area (Å²) in [5, 5.41) is 13.3. The molecule has 0 fully saturated rings. The molecule has 9 rings (SSSR count). The summed E-state index contributed by atoms with van der Waals surface area (Å²) in [6.45, 7) is 18.1. The number of nitrogens with zero attached hydrogens (tertiary/aromatic N) is 2. The summed E-state index contributed by atoms with van der Waals surface area (Å²) in [6, 6.07) is 49.9. The van der Waals surface area contributed by atoms with Gasteiger partial charge in [-0.3, -0.25) is 0 Å². The Hall–Kier alpha value is -7.04. The van der Waals surface area contributed by atoms with Crippen molar-refractivity contribution in [2.24, 2.45) is 0 Å². The van der Waals surface area contributed by atoms with E-state index in [4.69, 9.17) is 4.42 Å². The normalized spacial score (nSPS) is 13.0. The number of benzene rings is 7. The highest BCUT2D eigenvalue weighted by molar-refractivity contribution is 6.10. The average molecular weight is 839 g/mol. The van der Waals surface area contributed by atoms with Crippen LogP contribution in [-0.4, -0.2) is 5.11 Å². The van der Waals surface area contributed by atoms with E-state index in [0.29, 0.717) is 11.7 Å². The molecular weight excluding hydrogens is 781 g/mol. The first-order valence-electron chi connectivity index (χ1n) is 22.8. The number of aliphatic hydroxyl groups is 1. The fourth-order valence-corrected chi connectivity index (χ4v) is 9.73. The largest absolute Gasteiger partial charge is 0.508 e. The van der Waals surface area contributed by atoms with E-state index in [9.17, 15) is 5.11 Å². The Morgan fingerprint density at radius 1 is 0.562 bits per heavy atom. The van der Waals surface area contributed by atoms with E-state index in [0.717, 1.165) is 91.2 Å². The van der Waals surface area contributed by atoms with E-state index in [2.05, 4.69) is 217 Å². The van der Waals surface area contributed by atoms with Crippen molar-refractivity contribution in [2.75, 3.05) is 9.80 Å². The summed E-state index contributed by atoms with van der Waals surface area (Å²) in [6.07, 6.45) is 10.3. The second-order valence-corrected chi connectivity index (χ2v) is 17.9. The van der Waals surface area contributed by atoms with Crippen LogP contribution in [0.15, 0.2) is 162 Å². The molecule has 320 valence electrons. The van der Waals surface area contributed by atoms with Crippen LogP contribution >= 0.6 is 0 Å². The van der Waals surface area contributed by atoms with E-state index in [1.165, 1.54) is 33.4 Å². The van der Waals surface area contributed by atoms with Crippen molar-refractivity contribution in [2.45, 2.75) is 80.1 Å². The second kappa shape index (κ2) is 17.6. The number of hydrogen-bond donors (Lipinski definition) is 1. The van der Waals surface area contributed by atoms with Crippen LogP contribution in [0.3, 0.4) is 0 Å². The van der Waals surface area contributed by atoms with Gasteiger partial charge in [0.1, 0.15) is 11.3 Å². The van der Waals surface area contributed by atoms with Crippen LogP contribution in [0.5, 0.6) is 0 Å². The SMILES string of the molecule is Cc1cc(/C=C\c2c(C(C)C)cc(N(c3ccccc3)c3cccc4c3oc3ccccc34)c(C)c2C)c(N(c2ccccc2)c2cccc(C3=C(O)C=CCC3)c2C)cc1C(C)C. The molecular formula is C60H58N2O2. The Balaban J connectivity index is 1.23. The summed E-state index contributed by atoms with van der Waals surface area (Å²) < 4.78 is 6.67. The average Bonchev–Trinajstić information content (AvgIpc) is 3.69. The van der Waals surface area contributed by atoms with Gasteiger partial charge < -0.3 is 19.3 Å². The van der Waals surface area contributed by atoms with E-state index in [1.54, 1.807) is 0 Å². The Morgan fingerprint density at radius 2 is 1.17 bits per heavy atom. The van der Waals surface area contributed by atoms with Crippen LogP contribution in [0, 0.1) is 27.7 Å². The fourth-order valence-electron chi connectivity index (χ4n) is 9.73. The van der Waals surface area contributed by atoms with Gasteiger partial charge in [-0.2, -0.15) is 0 Å². The van der Waals surface area contributed by atoms with E-state index in [-0.39, 0.29) is 5.92 Å². The lowest BCUT2D eigenvalue weighted by molar-refractivity contribution is 0.431. The van der Waals surface area contributed by atoms with Gasteiger partial charge in [-0.15, -0.1) is 0 Å². The highest BCUT2D eigenvalue weighted by Crippen LogP contribution is 2.47. The molecule has 1 aromatic heterocycles. The lowest BCUT2D eigenvalue weighted by Gasteiger charge is -2.31. The second-order valence-electron chi connectivity index (χ2n) is 17.9. The Labute approximate surface area is 379 Å². The number of hydrogen-bond acceptors (Lipinski definition) is 4. The van der Waals surface area contributed by atoms with Crippen molar-refractivity contribution >= 4 is 73.8 Å². The van der Waals surface area contributed by atoms with Crippen molar-refractivity contribution in [3.8, 4) is 0 Å². The molecule has 0 bridgehead atoms. The van der Waals surface area contributed by atoms with Gasteiger partial charge in [0.2, 0.25) is 0 Å². The lowest BCUT2D eigenvalue weighted by Crippen LogP contribution is -2.15. The van der Waals surface area contributed by atoms with E-state index >= 15 is 0 Å². The molecule has 0 atom stereocenters. The Kier molecular flexibility index (Phi) is 11.6. The quantitative estimate of drug-likeness (QED) is 0.132. The van der Waals surface area contributed by atoms with Gasteiger partial charge in [0, 0.05) is 39.1 Å². The number of aliphatic hydroxyl groups excluding tert-OH is 1. The van der Waals surface area contributed by atoms with Gasteiger partial charge in [-0.05, 0) is 169 Å². The first-order valence-corrected chi connectivity index (χ1v) is 22.8. The minimum atomic E-state index is 0.244. The molecule has 0 unspecified atom stereocenters. The Morgan fingerprint density at radius 3 is 1.86 bits per heavy atom. The predicted molar refractivity (Wildman–Crippen MR) is 274 cm³/mol. The standard InChI is InChI=1S/C60H58N2O2/c1-38(2)52-36-57(61(45-21-11-9-12-22-45)54-29-19-27-47(43(54)8)49-25-15-17-31-58(49)63)44(35-40(52)5)33-34-48-41(6)42(7)56(37-53(48)39(3)4)62(46-23-13-10-14-24-46)55-30-20-28-51-50-26-16-18-32-59(50)64-60(51)55/h9-14,16-24,26-39,63H,15,25H2,1-8H3/b34-33-. The summed E-state index contributed by atoms with van der Waals surface area (Å²) in [5.74, 6) is 0.934. The van der Waals surface area contributed by atoms with Crippen molar-refractivity contribution < 1.29 is 9.52 Å². The van der Waals surface area contributed by atoms with Crippen molar-refractivity contribution in [1.82, 2.24) is 0 Å². The smallest absolute Gasteiger partial charge is 0.159 e. The zero-order chi connectivity index (χ0) is 44.6. The summed E-state index contributed by atoms with van der Waals surface area (Å²) in [7, 11) is 0. The number of rotatable bonds is 11. The number of furan rings is 1. The maximum atomic E-state index is 11.1. The van der Waals surface area contributed by atoms with Crippen LogP contribution in [0.4, 0.5) is 34.1 Å². The molecule has 1 aliphatic rings. The molecule has 0 radical (unpaired) electrons. The van der Waals surface area contributed by atoms with Crippen LogP contribution in [0.2, 0.25) is 0 Å². The maximum Gasteiger partial charge on any atom is 0.159 e. The van der Waals surface area contributed by atoms with Gasteiger partial charge >= 0.3 is 0 Å². The summed E-state index contributed by atoms with van der Waals surface area (Å²) in [4.78, 5) is 4.80. The highest BCUT2D eigenvalue weighted by atomic mass is 16.3. The minimum Gasteiger partial charge on any atom is -0.508 e. The predicted octanol–water partition coefficient (Wildman–Crippen LogP) is 17.8. The third kappa shape index (κ3) is 7.72. The fraction of sp³-hybridized carbons (Fsp3) is 0.200. The molecule has 0 spiro atoms. The van der Waals surface area contributed by atoms with Gasteiger partial charge in [-0.1, -0.05) is 125 Å². The third-order valence-corrected chi connectivity index (χ3v) is 13.2. The molecule has 7 aromatic carbocycles. The first kappa shape index (κ1) is 42.3. The van der Waals surface area contributed by atoms with Crippen LogP contribution in [0.1, 0.15) is 102 Å². The van der Waals surface area contributed by atoms with Crippen LogP contribution < -0.4 is 9.80 Å². The van der Waals surface area contributed by atoms with Crippen LogP contribution in [-0.2, 0) is 0 Å². The van der Waals surface area contributed by atoms with Crippen molar-refractivity contribution in [1.29, 1.82) is 0 Å². The van der Waals surface area contributed by atoms with Crippen molar-refractivity contribution in [3.63, 3.8) is 0 Å². The van der Waals surface area contributed by atoms with Gasteiger partial charge in [0.25, 0.3) is 0 Å². The molecule has 8 aromatic rings. The molecule has 4 heteroatoms. The van der Waals surface area contributed by atoms with Crippen LogP contribution in [0.25, 0.3) is 39.7 Å². The molecule has 0 amide bonds. The number of fused-ring (bicyclic) bond motifs is 3. The lowest BCUT2D eigenvalue weighted by atomic mass is 9.88. The zero-order valence-electron chi connectivity index (χ0n) is 38.4. The zero-order valence-corrected chi connectivity index (χ0v) is 38.4. The molecule has 64 heavy (non-hydrogen) atoms. The van der Waals surface area contributed by atoms with Gasteiger partial charge in [0.15, 0.2) is 5.58 Å². The Bertz CT molecular complexity index is 3110. The molecule has 1 N–H and O–H groups in total. The molecule has 0 aliphatic heterocycles. The molecule has 0 saturated heterocycles. The topological polar surface area (TPSA) is 39.9 Å². The van der Waals surface area contributed by atoms with Crippen molar-refractivity contribution in [3.05, 3.63) is 208 Å². The van der Waals surface area contributed by atoms with Gasteiger partial charge in [0.05, 0.1) is 11.4 Å². The number of para-hydroxylation sites is 4. The molecule has 1 aliphatic carbocycles. The molecule has 0 saturated carbocycles. The van der Waals surface area contributed by atoms with E-state index < -0.39 is 0 Å². The summed E-state index contributed by atoms with van der Waals surface area (Å²) >= 11 is 0. The van der Waals surface area contributed by atoms with Gasteiger partial charge in [-0.25, -0.2) is 0 Å². The monoisotopic (exact) mass is 838 g/mol. The maximum absolute atomic E-state index is 11.1. The number of allylic oxidation sites excluding steroid dienone is 3. The third-order valence-electron chi connectivity index (χ3n) is 13.2. The summed E-state index contributed by atoms with van der Waals surface area (Å²) in [5.41, 5.74) is 20.2.